The summed E-state index contributed by atoms with van der Waals surface area (Å²) in [4.78, 5) is 13.1. The van der Waals surface area contributed by atoms with E-state index in [4.69, 9.17) is 4.74 Å². The van der Waals surface area contributed by atoms with Gasteiger partial charge in [-0.05, 0) is 63.8 Å². The van der Waals surface area contributed by atoms with Gasteiger partial charge in [0.1, 0.15) is 35.7 Å². The van der Waals surface area contributed by atoms with Crippen LogP contribution in [0.1, 0.15) is 44.6 Å². The predicted octanol–water partition coefficient (Wildman–Crippen LogP) is 5.94. The number of piperazine rings is 1. The molecule has 4 aliphatic heterocycles. The number of fused-ring (bicyclic) bond motifs is 5. The minimum Gasteiger partial charge on any atom is -0.461 e. The Morgan fingerprint density at radius 1 is 1.09 bits per heavy atom. The van der Waals surface area contributed by atoms with Gasteiger partial charge in [0.05, 0.1) is 22.8 Å². The highest BCUT2D eigenvalue weighted by Crippen LogP contribution is 2.46. The number of hydrogen-bond donors (Lipinski definition) is 2. The number of ether oxygens (including phenoxy) is 2. The average molecular weight is 662 g/mol. The van der Waals surface area contributed by atoms with Crippen LogP contribution >= 0.6 is 0 Å². The van der Waals surface area contributed by atoms with E-state index in [1.807, 2.05) is 4.90 Å². The minimum absolute atomic E-state index is 0.00647. The molecule has 250 valence electrons. The summed E-state index contributed by atoms with van der Waals surface area (Å²) in [5.74, 6) is -2.79. The molecule has 2 bridgehead atoms. The molecule has 6 heterocycles. The van der Waals surface area contributed by atoms with E-state index in [1.165, 1.54) is 19.2 Å². The van der Waals surface area contributed by atoms with Crippen molar-refractivity contribution in [3.63, 3.8) is 0 Å². The summed E-state index contributed by atoms with van der Waals surface area (Å²) in [5.41, 5.74) is -2.03. The number of benzene rings is 2. The number of aromatic nitrogens is 4. The first kappa shape index (κ1) is 30.5. The number of aryl methyl sites for hydroxylation is 1. The zero-order valence-corrected chi connectivity index (χ0v) is 25.8. The quantitative estimate of drug-likeness (QED) is 0.246. The third-order valence-electron chi connectivity index (χ3n) is 10.3. The fourth-order valence-electron chi connectivity index (χ4n) is 8.35. The smallest absolute Gasteiger partial charge is 0.461 e. The highest BCUT2D eigenvalue weighted by molar-refractivity contribution is 6.02. The van der Waals surface area contributed by atoms with Gasteiger partial charge in [-0.25, -0.2) is 13.2 Å². The van der Waals surface area contributed by atoms with Gasteiger partial charge in [-0.1, -0.05) is 0 Å². The topological polar surface area (TPSA) is 91.4 Å². The van der Waals surface area contributed by atoms with Crippen molar-refractivity contribution in [3.8, 4) is 22.9 Å². The molecule has 4 aromatic rings. The zero-order valence-electron chi connectivity index (χ0n) is 25.8. The first-order chi connectivity index (χ1) is 22.3. The molecule has 0 radical (unpaired) electrons. The molecule has 4 atom stereocenters. The van der Waals surface area contributed by atoms with Crippen molar-refractivity contribution < 1.29 is 35.8 Å². The van der Waals surface area contributed by atoms with Crippen LogP contribution in [-0.2, 0) is 0 Å². The van der Waals surface area contributed by atoms with Crippen LogP contribution in [0.2, 0.25) is 0 Å². The van der Waals surface area contributed by atoms with Gasteiger partial charge in [-0.2, -0.15) is 15.1 Å². The average Bonchev–Trinajstić information content (AvgIpc) is 3.74. The Hall–Kier alpha value is -3.85. The number of halogens is 6. The second kappa shape index (κ2) is 10.6. The third kappa shape index (κ3) is 5.12. The molecule has 0 saturated carbocycles. The van der Waals surface area contributed by atoms with E-state index in [1.54, 1.807) is 0 Å². The molecule has 4 saturated heterocycles. The monoisotopic (exact) mass is 661 g/mol. The van der Waals surface area contributed by atoms with E-state index in [0.717, 1.165) is 38.3 Å². The van der Waals surface area contributed by atoms with Gasteiger partial charge in [-0.3, -0.25) is 10.00 Å². The lowest BCUT2D eigenvalue weighted by Gasteiger charge is -2.40. The Labute approximate surface area is 265 Å². The van der Waals surface area contributed by atoms with Gasteiger partial charge in [-0.15, -0.1) is 13.2 Å². The first-order valence-electron chi connectivity index (χ1n) is 15.8. The van der Waals surface area contributed by atoms with Gasteiger partial charge in [0.15, 0.2) is 5.82 Å². The number of nitrogens with zero attached hydrogens (tertiary/aromatic N) is 5. The van der Waals surface area contributed by atoms with Gasteiger partial charge in [0.25, 0.3) is 0 Å². The van der Waals surface area contributed by atoms with Gasteiger partial charge in [0, 0.05) is 54.0 Å². The molecule has 2 aromatic carbocycles. The summed E-state index contributed by atoms with van der Waals surface area (Å²) < 4.78 is 99.1. The van der Waals surface area contributed by atoms with E-state index in [-0.39, 0.29) is 57.4 Å². The van der Waals surface area contributed by atoms with E-state index < -0.39 is 46.6 Å². The number of H-pyrrole nitrogens is 1. The van der Waals surface area contributed by atoms with Crippen molar-refractivity contribution in [3.05, 3.63) is 35.5 Å². The van der Waals surface area contributed by atoms with Crippen LogP contribution < -0.4 is 19.7 Å². The molecular formula is C32H33F6N7O2. The molecule has 4 fully saturated rings. The fourth-order valence-corrected chi connectivity index (χ4v) is 8.35. The van der Waals surface area contributed by atoms with Crippen LogP contribution in [0.5, 0.6) is 11.8 Å². The Morgan fingerprint density at radius 3 is 2.70 bits per heavy atom. The van der Waals surface area contributed by atoms with Crippen LogP contribution in [0, 0.1) is 18.6 Å². The van der Waals surface area contributed by atoms with Crippen molar-refractivity contribution >= 4 is 27.6 Å². The summed E-state index contributed by atoms with van der Waals surface area (Å²) in [5, 5.41) is 10.2. The van der Waals surface area contributed by atoms with Gasteiger partial charge in [0.2, 0.25) is 0 Å². The Bertz CT molecular complexity index is 1900. The highest BCUT2D eigenvalue weighted by atomic mass is 19.4. The van der Waals surface area contributed by atoms with E-state index >= 15 is 8.78 Å². The van der Waals surface area contributed by atoms with Crippen molar-refractivity contribution in [2.75, 3.05) is 37.7 Å². The zero-order chi connectivity index (χ0) is 32.9. The Kier molecular flexibility index (Phi) is 6.86. The van der Waals surface area contributed by atoms with Crippen LogP contribution in [-0.4, -0.2) is 87.5 Å². The van der Waals surface area contributed by atoms with E-state index in [0.29, 0.717) is 26.1 Å². The molecule has 15 heteroatoms. The maximum atomic E-state index is 16.9. The molecule has 0 aliphatic carbocycles. The minimum atomic E-state index is -5.14. The van der Waals surface area contributed by atoms with Crippen molar-refractivity contribution in [2.45, 2.75) is 75.6 Å². The van der Waals surface area contributed by atoms with Crippen molar-refractivity contribution in [1.82, 2.24) is 30.4 Å². The second-order valence-electron chi connectivity index (χ2n) is 13.7. The van der Waals surface area contributed by atoms with Crippen LogP contribution in [0.3, 0.4) is 0 Å². The lowest BCUT2D eigenvalue weighted by atomic mass is 9.95. The largest absolute Gasteiger partial charge is 0.573 e. The molecule has 2 aromatic heterocycles. The number of aromatic amines is 1. The maximum Gasteiger partial charge on any atom is 0.573 e. The number of anilines is 1. The summed E-state index contributed by atoms with van der Waals surface area (Å²) >= 11 is 0. The van der Waals surface area contributed by atoms with E-state index in [9.17, 15) is 17.6 Å². The maximum absolute atomic E-state index is 16.9. The summed E-state index contributed by atoms with van der Waals surface area (Å²) in [6, 6.07) is 2.39. The molecular weight excluding hydrogens is 628 g/mol. The Morgan fingerprint density at radius 2 is 1.91 bits per heavy atom. The highest BCUT2D eigenvalue weighted by Gasteiger charge is 2.49. The lowest BCUT2D eigenvalue weighted by Crippen LogP contribution is -2.58. The first-order valence-corrected chi connectivity index (χ1v) is 15.8. The molecule has 47 heavy (non-hydrogen) atoms. The third-order valence-corrected chi connectivity index (χ3v) is 10.3. The van der Waals surface area contributed by atoms with E-state index in [2.05, 4.69) is 42.0 Å². The predicted molar refractivity (Wildman–Crippen MR) is 161 cm³/mol. The second-order valence-corrected chi connectivity index (χ2v) is 13.7. The number of nitrogens with one attached hydrogen (secondary N) is 2. The molecule has 0 spiro atoms. The molecule has 2 N–H and O–H groups in total. The summed E-state index contributed by atoms with van der Waals surface area (Å²) in [6.07, 6.45) is -1.19. The van der Waals surface area contributed by atoms with Crippen LogP contribution in [0.4, 0.5) is 32.2 Å². The SMILES string of the molecule is Cc1cc2[nH]ncc2c(-c2c(F)cc3c(N4C[C@H]5CC[C@@](C)(C4)N5)nc(OC[C@@]45CCCN4C[C@H](F)C5)nc3c2F)c1OC(F)(F)F. The molecule has 9 nitrogen and oxygen atoms in total. The molecule has 8 rings (SSSR count). The van der Waals surface area contributed by atoms with Crippen molar-refractivity contribution in [1.29, 1.82) is 0 Å². The number of rotatable bonds is 6. The van der Waals surface area contributed by atoms with Gasteiger partial charge >= 0.3 is 12.4 Å². The fraction of sp³-hybridized carbons (Fsp3) is 0.531. The van der Waals surface area contributed by atoms with Crippen molar-refractivity contribution in [2.24, 2.45) is 0 Å². The number of alkyl halides is 4. The molecule has 4 aliphatic rings. The molecule has 0 amide bonds. The number of hydrogen-bond acceptors (Lipinski definition) is 8. The Balaban J connectivity index is 1.30. The molecule has 0 unspecified atom stereocenters. The summed E-state index contributed by atoms with van der Waals surface area (Å²) in [6.45, 7) is 5.58. The lowest BCUT2D eigenvalue weighted by molar-refractivity contribution is -0.274. The van der Waals surface area contributed by atoms with Crippen LogP contribution in [0.25, 0.3) is 32.9 Å². The summed E-state index contributed by atoms with van der Waals surface area (Å²) in [7, 11) is 0. The normalized spacial score (nSPS) is 27.7. The standard InChI is InChI=1S/C32H33F6N7O2/c1-16-8-22-20(11-39-43-22)23(27(16)47-32(36,37)38)24-21(34)9-19-26(25(24)35)40-29(46-15-31-5-3-7-45(31)12-17(33)10-31)41-28(19)44-13-18-4-6-30(2,14-44)42-18/h8-9,11,17-18,42H,3-7,10,12-15H2,1-2H3,(H,39,43)/t17-,18-,30+,31+/m1/s1. The van der Waals surface area contributed by atoms with Crippen LogP contribution in [0.15, 0.2) is 18.3 Å². The van der Waals surface area contributed by atoms with Gasteiger partial charge < -0.3 is 19.7 Å².